The van der Waals surface area contributed by atoms with E-state index in [4.69, 9.17) is 11.6 Å². The normalized spacial score (nSPS) is 20.6. The lowest BCUT2D eigenvalue weighted by Gasteiger charge is -2.31. The van der Waals surface area contributed by atoms with E-state index in [2.05, 4.69) is 12.6 Å². The number of halogens is 4. The Balaban J connectivity index is 1.95. The zero-order valence-corrected chi connectivity index (χ0v) is 21.0. The third kappa shape index (κ3) is 5.58. The van der Waals surface area contributed by atoms with Gasteiger partial charge in [0.1, 0.15) is 5.16 Å². The van der Waals surface area contributed by atoms with E-state index >= 15 is 0 Å². The maximum Gasteiger partial charge on any atom is 0.418 e. The smallest absolute Gasteiger partial charge is 0.338 e. The molecule has 1 fully saturated rings. The highest BCUT2D eigenvalue weighted by Crippen LogP contribution is 2.41. The van der Waals surface area contributed by atoms with Gasteiger partial charge in [0.2, 0.25) is 0 Å². The minimum atomic E-state index is -4.62. The summed E-state index contributed by atoms with van der Waals surface area (Å²) in [6.07, 6.45) is 4.80. The van der Waals surface area contributed by atoms with Crippen molar-refractivity contribution in [2.75, 3.05) is 13.1 Å². The maximum absolute atomic E-state index is 13.9. The van der Waals surface area contributed by atoms with Gasteiger partial charge in [-0.05, 0) is 55.4 Å². The van der Waals surface area contributed by atoms with E-state index < -0.39 is 11.7 Å². The van der Waals surface area contributed by atoms with Crippen LogP contribution in [-0.2, 0) is 4.79 Å². The molecule has 0 aromatic carbocycles. The molecule has 2 aliphatic heterocycles. The molecule has 3 heterocycles. The van der Waals surface area contributed by atoms with Crippen LogP contribution in [0.4, 0.5) is 13.2 Å². The molecule has 1 aromatic heterocycles. The van der Waals surface area contributed by atoms with Crippen LogP contribution in [0.5, 0.6) is 0 Å². The second-order valence-corrected chi connectivity index (χ2v) is 9.53. The lowest BCUT2D eigenvalue weighted by molar-refractivity contribution is -0.126. The lowest BCUT2D eigenvalue weighted by Crippen LogP contribution is -2.32. The SMILES string of the molecule is C=C1C(C(F)(F)F)=CC(/C(C=CC)=C/CC)=CN1/C(Cl)=C(\C)C(=O)N1CCC(c2cccs2)C1. The van der Waals surface area contributed by atoms with Crippen LogP contribution in [0.25, 0.3) is 0 Å². The summed E-state index contributed by atoms with van der Waals surface area (Å²) in [4.78, 5) is 17.3. The highest BCUT2D eigenvalue weighted by molar-refractivity contribution is 7.10. The number of nitrogens with zero attached hydrogens (tertiary/aromatic N) is 2. The Kier molecular flexibility index (Phi) is 8.31. The number of alkyl halides is 3. The summed E-state index contributed by atoms with van der Waals surface area (Å²) in [6, 6.07) is 4.04. The van der Waals surface area contributed by atoms with Gasteiger partial charge < -0.3 is 9.80 Å². The van der Waals surface area contributed by atoms with Crippen LogP contribution in [0, 0.1) is 0 Å². The molecule has 0 saturated carbocycles. The average molecular weight is 509 g/mol. The van der Waals surface area contributed by atoms with E-state index in [1.165, 1.54) is 16.0 Å². The van der Waals surface area contributed by atoms with Crippen LogP contribution in [0.2, 0.25) is 0 Å². The molecule has 182 valence electrons. The van der Waals surface area contributed by atoms with Gasteiger partial charge in [0.15, 0.2) is 0 Å². The first kappa shape index (κ1) is 26.1. The van der Waals surface area contributed by atoms with E-state index in [1.54, 1.807) is 42.2 Å². The van der Waals surface area contributed by atoms with Gasteiger partial charge in [-0.2, -0.15) is 13.2 Å². The first-order valence-corrected chi connectivity index (χ1v) is 12.4. The van der Waals surface area contributed by atoms with Crippen molar-refractivity contribution in [2.45, 2.75) is 45.7 Å². The van der Waals surface area contributed by atoms with Crippen LogP contribution in [0.1, 0.15) is 44.4 Å². The number of hydrogen-bond donors (Lipinski definition) is 0. The predicted octanol–water partition coefficient (Wildman–Crippen LogP) is 7.65. The quantitative estimate of drug-likeness (QED) is 0.224. The molecule has 3 nitrogen and oxygen atoms in total. The molecule has 0 spiro atoms. The van der Waals surface area contributed by atoms with E-state index in [-0.39, 0.29) is 28.3 Å². The number of thiophene rings is 1. The zero-order valence-electron chi connectivity index (χ0n) is 19.5. The van der Waals surface area contributed by atoms with Crippen molar-refractivity contribution in [1.82, 2.24) is 9.80 Å². The number of carbonyl (C=O) groups is 1. The third-order valence-corrected chi connectivity index (χ3v) is 7.34. The first-order valence-electron chi connectivity index (χ1n) is 11.1. The number of carbonyl (C=O) groups excluding carboxylic acids is 1. The standard InChI is InChI=1S/C26H28ClF3N2OS/c1-5-8-19(9-6-2)21-14-22(26(28,29)30)18(4)32(16-21)24(27)17(3)25(33)31-12-11-20(15-31)23-10-7-13-34-23/h5,7-10,13-14,16,20H,4,6,11-12,15H2,1-3H3/b8-5?,19-9+,24-17+. The lowest BCUT2D eigenvalue weighted by atomic mass is 9.97. The Hall–Kier alpha value is -2.51. The summed E-state index contributed by atoms with van der Waals surface area (Å²) < 4.78 is 41.6. The van der Waals surface area contributed by atoms with Crippen LogP contribution < -0.4 is 0 Å². The molecule has 3 rings (SSSR count). The summed E-state index contributed by atoms with van der Waals surface area (Å²) in [5.74, 6) is -0.0259. The topological polar surface area (TPSA) is 23.6 Å². The Bertz CT molecular complexity index is 1090. The van der Waals surface area contributed by atoms with E-state index in [0.29, 0.717) is 30.7 Å². The van der Waals surface area contributed by atoms with Crippen LogP contribution in [0.15, 0.2) is 87.7 Å². The van der Waals surface area contributed by atoms with Gasteiger partial charge in [0, 0.05) is 35.7 Å². The van der Waals surface area contributed by atoms with Gasteiger partial charge in [-0.3, -0.25) is 4.79 Å². The van der Waals surface area contributed by atoms with Crippen molar-refractivity contribution in [2.24, 2.45) is 0 Å². The largest absolute Gasteiger partial charge is 0.418 e. The summed E-state index contributed by atoms with van der Waals surface area (Å²) >= 11 is 8.23. The number of likely N-dealkylation sites (tertiary alicyclic amines) is 1. The molecular formula is C26H28ClF3N2OS. The molecule has 0 bridgehead atoms. The van der Waals surface area contributed by atoms with Gasteiger partial charge >= 0.3 is 6.18 Å². The van der Waals surface area contributed by atoms with Crippen molar-refractivity contribution < 1.29 is 18.0 Å². The number of allylic oxidation sites excluding steroid dienone is 7. The number of rotatable bonds is 6. The van der Waals surface area contributed by atoms with Crippen molar-refractivity contribution >= 4 is 28.8 Å². The molecule has 1 amide bonds. The van der Waals surface area contributed by atoms with Crippen LogP contribution in [-0.4, -0.2) is 35.0 Å². The van der Waals surface area contributed by atoms with Gasteiger partial charge in [0.25, 0.3) is 5.91 Å². The summed E-state index contributed by atoms with van der Waals surface area (Å²) in [5, 5.41) is 1.92. The molecule has 8 heteroatoms. The molecule has 0 aliphatic carbocycles. The van der Waals surface area contributed by atoms with Crippen LogP contribution in [0.3, 0.4) is 0 Å². The molecule has 1 aromatic rings. The fourth-order valence-corrected chi connectivity index (χ4v) is 5.18. The fraction of sp³-hybridized carbons (Fsp3) is 0.346. The maximum atomic E-state index is 13.9. The minimum Gasteiger partial charge on any atom is -0.338 e. The van der Waals surface area contributed by atoms with E-state index in [1.807, 2.05) is 24.4 Å². The molecule has 1 unspecified atom stereocenters. The Morgan fingerprint density at radius 2 is 2.12 bits per heavy atom. The van der Waals surface area contributed by atoms with Gasteiger partial charge in [-0.25, -0.2) is 0 Å². The van der Waals surface area contributed by atoms with Gasteiger partial charge in [0.05, 0.1) is 11.3 Å². The van der Waals surface area contributed by atoms with Crippen molar-refractivity contribution in [1.29, 1.82) is 0 Å². The molecular weight excluding hydrogens is 481 g/mol. The Morgan fingerprint density at radius 1 is 1.38 bits per heavy atom. The van der Waals surface area contributed by atoms with Crippen molar-refractivity contribution in [3.63, 3.8) is 0 Å². The highest BCUT2D eigenvalue weighted by Gasteiger charge is 2.40. The number of amides is 1. The van der Waals surface area contributed by atoms with Gasteiger partial charge in [-0.1, -0.05) is 49.4 Å². The summed E-state index contributed by atoms with van der Waals surface area (Å²) in [5.41, 5.74) is -0.0507. The second-order valence-electron chi connectivity index (χ2n) is 8.19. The molecule has 0 radical (unpaired) electrons. The number of hydrogen-bond acceptors (Lipinski definition) is 3. The van der Waals surface area contributed by atoms with Gasteiger partial charge in [-0.15, -0.1) is 11.3 Å². The van der Waals surface area contributed by atoms with E-state index in [0.717, 1.165) is 12.5 Å². The first-order chi connectivity index (χ1) is 16.1. The van der Waals surface area contributed by atoms with E-state index in [9.17, 15) is 18.0 Å². The summed E-state index contributed by atoms with van der Waals surface area (Å²) in [6.45, 7) is 10.0. The fourth-order valence-electron chi connectivity index (χ4n) is 4.09. The average Bonchev–Trinajstić information content (AvgIpc) is 3.49. The van der Waals surface area contributed by atoms with Crippen molar-refractivity contribution in [3.05, 3.63) is 92.6 Å². The predicted molar refractivity (Wildman–Crippen MR) is 133 cm³/mol. The summed E-state index contributed by atoms with van der Waals surface area (Å²) in [7, 11) is 0. The van der Waals surface area contributed by atoms with Crippen LogP contribution >= 0.6 is 22.9 Å². The Morgan fingerprint density at radius 3 is 2.71 bits per heavy atom. The monoisotopic (exact) mass is 508 g/mol. The second kappa shape index (κ2) is 10.8. The molecule has 0 N–H and O–H groups in total. The molecule has 1 atom stereocenters. The third-order valence-electron chi connectivity index (χ3n) is 5.84. The van der Waals surface area contributed by atoms with Crippen molar-refractivity contribution in [3.8, 4) is 0 Å². The highest BCUT2D eigenvalue weighted by atomic mass is 35.5. The molecule has 2 aliphatic rings. The molecule has 34 heavy (non-hydrogen) atoms. The molecule has 1 saturated heterocycles. The Labute approximate surface area is 207 Å². The minimum absolute atomic E-state index is 0.0850. The zero-order chi connectivity index (χ0) is 25.0.